The summed E-state index contributed by atoms with van der Waals surface area (Å²) >= 11 is 4.70. The SMILES string of the molecule is Cc1cc(C(=O)Nc2cccc(C(=O)O)c2)sc1Br. The van der Waals surface area contributed by atoms with Gasteiger partial charge in [-0.3, -0.25) is 4.79 Å². The Hall–Kier alpha value is -1.66. The Balaban J connectivity index is 2.19. The number of carboxylic acids is 1. The first-order valence-electron chi connectivity index (χ1n) is 5.38. The summed E-state index contributed by atoms with van der Waals surface area (Å²) in [6.07, 6.45) is 0. The molecule has 0 saturated carbocycles. The fourth-order valence-corrected chi connectivity index (χ4v) is 2.92. The minimum absolute atomic E-state index is 0.140. The Labute approximate surface area is 122 Å². The van der Waals surface area contributed by atoms with Gasteiger partial charge in [-0.2, -0.15) is 0 Å². The van der Waals surface area contributed by atoms with Crippen molar-refractivity contribution in [2.75, 3.05) is 5.32 Å². The van der Waals surface area contributed by atoms with E-state index in [0.29, 0.717) is 10.6 Å². The summed E-state index contributed by atoms with van der Waals surface area (Å²) in [7, 11) is 0. The molecular weight excluding hydrogens is 330 g/mol. The quantitative estimate of drug-likeness (QED) is 0.894. The zero-order chi connectivity index (χ0) is 14.0. The van der Waals surface area contributed by atoms with Crippen molar-refractivity contribution in [2.24, 2.45) is 0 Å². The third-order valence-corrected chi connectivity index (χ3v) is 4.58. The summed E-state index contributed by atoms with van der Waals surface area (Å²) in [6.45, 7) is 1.91. The van der Waals surface area contributed by atoms with Gasteiger partial charge in [0.2, 0.25) is 0 Å². The van der Waals surface area contributed by atoms with Crippen LogP contribution in [0.25, 0.3) is 0 Å². The van der Waals surface area contributed by atoms with E-state index in [4.69, 9.17) is 5.11 Å². The second-order valence-corrected chi connectivity index (χ2v) is 6.28. The molecule has 1 aromatic carbocycles. The molecule has 1 heterocycles. The summed E-state index contributed by atoms with van der Waals surface area (Å²) in [5.41, 5.74) is 1.60. The molecule has 0 aliphatic carbocycles. The first kappa shape index (κ1) is 13.8. The molecule has 2 rings (SSSR count). The summed E-state index contributed by atoms with van der Waals surface area (Å²) in [5, 5.41) is 11.6. The Kier molecular flexibility index (Phi) is 4.01. The maximum atomic E-state index is 12.0. The molecular formula is C13H10BrNO3S. The number of carboxylic acid groups (broad SMARTS) is 1. The van der Waals surface area contributed by atoms with Gasteiger partial charge in [0, 0.05) is 5.69 Å². The highest BCUT2D eigenvalue weighted by Crippen LogP contribution is 2.27. The molecule has 2 aromatic rings. The van der Waals surface area contributed by atoms with Crippen molar-refractivity contribution < 1.29 is 14.7 Å². The smallest absolute Gasteiger partial charge is 0.335 e. The number of nitrogens with one attached hydrogen (secondary N) is 1. The van der Waals surface area contributed by atoms with E-state index in [9.17, 15) is 9.59 Å². The van der Waals surface area contributed by atoms with Gasteiger partial charge in [0.25, 0.3) is 5.91 Å². The lowest BCUT2D eigenvalue weighted by atomic mass is 10.2. The average Bonchev–Trinajstić information content (AvgIpc) is 2.70. The molecule has 6 heteroatoms. The van der Waals surface area contributed by atoms with Crippen LogP contribution < -0.4 is 5.32 Å². The van der Waals surface area contributed by atoms with Crippen molar-refractivity contribution in [1.82, 2.24) is 0 Å². The van der Waals surface area contributed by atoms with Crippen molar-refractivity contribution in [3.05, 3.63) is 50.1 Å². The van der Waals surface area contributed by atoms with Crippen LogP contribution >= 0.6 is 27.3 Å². The lowest BCUT2D eigenvalue weighted by Gasteiger charge is -2.04. The zero-order valence-corrected chi connectivity index (χ0v) is 12.3. The van der Waals surface area contributed by atoms with E-state index in [-0.39, 0.29) is 11.5 Å². The van der Waals surface area contributed by atoms with E-state index in [1.807, 2.05) is 6.92 Å². The third kappa shape index (κ3) is 3.21. The summed E-state index contributed by atoms with van der Waals surface area (Å²) in [5.74, 6) is -1.27. The van der Waals surface area contributed by atoms with Crippen molar-refractivity contribution >= 4 is 44.8 Å². The average molecular weight is 340 g/mol. The lowest BCUT2D eigenvalue weighted by molar-refractivity contribution is 0.0696. The van der Waals surface area contributed by atoms with Gasteiger partial charge < -0.3 is 10.4 Å². The van der Waals surface area contributed by atoms with E-state index in [1.165, 1.54) is 23.5 Å². The van der Waals surface area contributed by atoms with Crippen LogP contribution in [0, 0.1) is 6.92 Å². The van der Waals surface area contributed by atoms with Gasteiger partial charge in [0.05, 0.1) is 14.2 Å². The Morgan fingerprint density at radius 3 is 2.63 bits per heavy atom. The zero-order valence-electron chi connectivity index (χ0n) is 9.94. The highest BCUT2D eigenvalue weighted by atomic mass is 79.9. The Morgan fingerprint density at radius 1 is 1.32 bits per heavy atom. The summed E-state index contributed by atoms with van der Waals surface area (Å²) < 4.78 is 0.914. The van der Waals surface area contributed by atoms with Crippen LogP contribution in [-0.2, 0) is 0 Å². The number of hydrogen-bond acceptors (Lipinski definition) is 3. The minimum atomic E-state index is -1.02. The monoisotopic (exact) mass is 339 g/mol. The molecule has 0 aliphatic rings. The van der Waals surface area contributed by atoms with Crippen LogP contribution in [0.4, 0.5) is 5.69 Å². The number of amides is 1. The van der Waals surface area contributed by atoms with Gasteiger partial charge in [-0.05, 0) is 52.7 Å². The molecule has 1 amide bonds. The standard InChI is InChI=1S/C13H10BrNO3S/c1-7-5-10(19-11(7)14)12(16)15-9-4-2-3-8(6-9)13(17)18/h2-6H,1H3,(H,15,16)(H,17,18). The van der Waals surface area contributed by atoms with Gasteiger partial charge in [-0.15, -0.1) is 11.3 Å². The minimum Gasteiger partial charge on any atom is -0.478 e. The molecule has 98 valence electrons. The molecule has 0 fully saturated rings. The number of benzene rings is 1. The van der Waals surface area contributed by atoms with E-state index in [2.05, 4.69) is 21.2 Å². The maximum Gasteiger partial charge on any atom is 0.335 e. The number of hydrogen-bond donors (Lipinski definition) is 2. The second kappa shape index (κ2) is 5.54. The predicted molar refractivity (Wildman–Crippen MR) is 78.1 cm³/mol. The number of halogens is 1. The van der Waals surface area contributed by atoms with Crippen LogP contribution in [-0.4, -0.2) is 17.0 Å². The van der Waals surface area contributed by atoms with E-state index in [0.717, 1.165) is 9.35 Å². The van der Waals surface area contributed by atoms with Crippen LogP contribution in [0.5, 0.6) is 0 Å². The molecule has 0 radical (unpaired) electrons. The fraction of sp³-hybridized carbons (Fsp3) is 0.0769. The van der Waals surface area contributed by atoms with Crippen LogP contribution in [0.2, 0.25) is 0 Å². The molecule has 19 heavy (non-hydrogen) atoms. The molecule has 1 aromatic heterocycles. The van der Waals surface area contributed by atoms with Gasteiger partial charge in [0.1, 0.15) is 0 Å². The van der Waals surface area contributed by atoms with Crippen molar-refractivity contribution in [3.63, 3.8) is 0 Å². The number of aromatic carboxylic acids is 1. The molecule has 2 N–H and O–H groups in total. The number of rotatable bonds is 3. The Morgan fingerprint density at radius 2 is 2.05 bits per heavy atom. The number of aryl methyl sites for hydroxylation is 1. The van der Waals surface area contributed by atoms with Gasteiger partial charge in [0.15, 0.2) is 0 Å². The third-order valence-electron chi connectivity index (χ3n) is 2.45. The predicted octanol–water partition coefficient (Wildman–Crippen LogP) is 3.77. The van der Waals surface area contributed by atoms with E-state index >= 15 is 0 Å². The van der Waals surface area contributed by atoms with Crippen LogP contribution in [0.15, 0.2) is 34.1 Å². The lowest BCUT2D eigenvalue weighted by Crippen LogP contribution is -2.10. The van der Waals surface area contributed by atoms with Crippen molar-refractivity contribution in [2.45, 2.75) is 6.92 Å². The van der Waals surface area contributed by atoms with Gasteiger partial charge >= 0.3 is 5.97 Å². The molecule has 0 spiro atoms. The summed E-state index contributed by atoms with van der Waals surface area (Å²) in [6, 6.07) is 7.93. The van der Waals surface area contributed by atoms with Crippen molar-refractivity contribution in [3.8, 4) is 0 Å². The fourth-order valence-electron chi connectivity index (χ4n) is 1.49. The number of carbonyl (C=O) groups is 2. The van der Waals surface area contributed by atoms with Crippen molar-refractivity contribution in [1.29, 1.82) is 0 Å². The molecule has 4 nitrogen and oxygen atoms in total. The first-order valence-corrected chi connectivity index (χ1v) is 6.99. The second-order valence-electron chi connectivity index (χ2n) is 3.91. The number of anilines is 1. The molecule has 0 unspecified atom stereocenters. The molecule has 0 aliphatic heterocycles. The topological polar surface area (TPSA) is 66.4 Å². The Bertz CT molecular complexity index is 632. The van der Waals surface area contributed by atoms with Crippen LogP contribution in [0.1, 0.15) is 25.6 Å². The normalized spacial score (nSPS) is 10.2. The van der Waals surface area contributed by atoms with Gasteiger partial charge in [-0.1, -0.05) is 6.07 Å². The number of carbonyl (C=O) groups excluding carboxylic acids is 1. The van der Waals surface area contributed by atoms with Gasteiger partial charge in [-0.25, -0.2) is 4.79 Å². The first-order chi connectivity index (χ1) is 8.97. The molecule has 0 atom stereocenters. The summed E-state index contributed by atoms with van der Waals surface area (Å²) in [4.78, 5) is 23.4. The highest BCUT2D eigenvalue weighted by Gasteiger charge is 2.12. The number of thiophene rings is 1. The largest absolute Gasteiger partial charge is 0.478 e. The molecule has 0 bridgehead atoms. The molecule has 0 saturated heterocycles. The van der Waals surface area contributed by atoms with E-state index in [1.54, 1.807) is 18.2 Å². The highest BCUT2D eigenvalue weighted by molar-refractivity contribution is 9.11. The van der Waals surface area contributed by atoms with Crippen LogP contribution in [0.3, 0.4) is 0 Å². The van der Waals surface area contributed by atoms with E-state index < -0.39 is 5.97 Å². The maximum absolute atomic E-state index is 12.0.